The van der Waals surface area contributed by atoms with Crippen molar-refractivity contribution < 1.29 is 0 Å². The first-order valence-corrected chi connectivity index (χ1v) is 8.66. The third-order valence-corrected chi connectivity index (χ3v) is 4.50. The summed E-state index contributed by atoms with van der Waals surface area (Å²) in [6.07, 6.45) is 9.77. The summed E-state index contributed by atoms with van der Waals surface area (Å²) in [7, 11) is 1.81. The molecule has 0 bridgehead atoms. The highest BCUT2D eigenvalue weighted by Gasteiger charge is 2.24. The van der Waals surface area contributed by atoms with Crippen molar-refractivity contribution >= 4 is 16.6 Å². The summed E-state index contributed by atoms with van der Waals surface area (Å²) >= 11 is 0. The third kappa shape index (κ3) is 3.51. The number of allylic oxidation sites excluding steroid dienone is 2. The molecule has 3 heterocycles. The minimum Gasteiger partial charge on any atom is -0.285 e. The van der Waals surface area contributed by atoms with Gasteiger partial charge in [0.1, 0.15) is 6.17 Å². The smallest absolute Gasteiger partial charge is 0.135 e. The maximum absolute atomic E-state index is 6.03. The molecule has 3 N–H and O–H groups in total. The van der Waals surface area contributed by atoms with Crippen LogP contribution >= 0.6 is 0 Å². The second kappa shape index (κ2) is 7.14. The zero-order valence-corrected chi connectivity index (χ0v) is 15.1. The Morgan fingerprint density at radius 3 is 3.04 bits per heavy atom. The standard InChI is InChI=1S/C20H21N7/c1-14(10-15-5-6-18-16(11-15)4-3-9-22-18)27-20(26(2)21)8-7-19(25-27)17-12-23-24-13-17/h3-9,11-13,20H,1,10,21H2,2H3,(H,23,24). The van der Waals surface area contributed by atoms with Gasteiger partial charge in [0.15, 0.2) is 0 Å². The van der Waals surface area contributed by atoms with Gasteiger partial charge in [-0.3, -0.25) is 15.9 Å². The fraction of sp³-hybridized carbons (Fsp3) is 0.150. The van der Waals surface area contributed by atoms with Gasteiger partial charge in [-0.1, -0.05) is 18.7 Å². The first-order valence-electron chi connectivity index (χ1n) is 8.66. The maximum atomic E-state index is 6.03. The van der Waals surface area contributed by atoms with E-state index >= 15 is 0 Å². The number of nitrogens with one attached hydrogen (secondary N) is 1. The molecule has 0 spiro atoms. The summed E-state index contributed by atoms with van der Waals surface area (Å²) in [6, 6.07) is 10.2. The van der Waals surface area contributed by atoms with Gasteiger partial charge in [-0.25, -0.2) is 10.0 Å². The highest BCUT2D eigenvalue weighted by Crippen LogP contribution is 2.22. The highest BCUT2D eigenvalue weighted by atomic mass is 15.6. The first-order chi connectivity index (χ1) is 13.1. The number of nitrogens with two attached hydrogens (primary N) is 1. The number of aromatic nitrogens is 3. The van der Waals surface area contributed by atoms with E-state index in [1.54, 1.807) is 17.4 Å². The molecule has 1 atom stereocenters. The average molecular weight is 359 g/mol. The Labute approximate surface area is 157 Å². The van der Waals surface area contributed by atoms with Crippen LogP contribution in [0.5, 0.6) is 0 Å². The van der Waals surface area contributed by atoms with Gasteiger partial charge in [0.05, 0.1) is 17.4 Å². The summed E-state index contributed by atoms with van der Waals surface area (Å²) < 4.78 is 0. The van der Waals surface area contributed by atoms with Gasteiger partial charge in [0.25, 0.3) is 0 Å². The van der Waals surface area contributed by atoms with E-state index < -0.39 is 0 Å². The predicted molar refractivity (Wildman–Crippen MR) is 106 cm³/mol. The number of hydrazine groups is 1. The van der Waals surface area contributed by atoms with Crippen molar-refractivity contribution in [2.75, 3.05) is 7.05 Å². The zero-order chi connectivity index (χ0) is 18.8. The van der Waals surface area contributed by atoms with E-state index in [0.29, 0.717) is 6.42 Å². The third-order valence-electron chi connectivity index (χ3n) is 4.50. The van der Waals surface area contributed by atoms with E-state index in [2.05, 4.69) is 40.0 Å². The number of hydrogen-bond donors (Lipinski definition) is 2. The number of hydrogen-bond acceptors (Lipinski definition) is 6. The Hall–Kier alpha value is -3.29. The van der Waals surface area contributed by atoms with Crippen LogP contribution in [0.2, 0.25) is 0 Å². The van der Waals surface area contributed by atoms with Crippen LogP contribution < -0.4 is 5.84 Å². The Kier molecular flexibility index (Phi) is 4.53. The number of aromatic amines is 1. The minimum absolute atomic E-state index is 0.199. The quantitative estimate of drug-likeness (QED) is 0.540. The van der Waals surface area contributed by atoms with Crippen LogP contribution in [0.3, 0.4) is 0 Å². The van der Waals surface area contributed by atoms with E-state index in [1.807, 2.05) is 42.5 Å². The lowest BCUT2D eigenvalue weighted by Gasteiger charge is -2.35. The number of hydrazone groups is 1. The maximum Gasteiger partial charge on any atom is 0.135 e. The fourth-order valence-electron chi connectivity index (χ4n) is 3.13. The molecule has 0 fully saturated rings. The monoisotopic (exact) mass is 359 g/mol. The minimum atomic E-state index is -0.199. The van der Waals surface area contributed by atoms with Crippen LogP contribution in [0.15, 0.2) is 78.5 Å². The Morgan fingerprint density at radius 2 is 2.26 bits per heavy atom. The topological polar surface area (TPSA) is 86.4 Å². The molecule has 0 amide bonds. The predicted octanol–water partition coefficient (Wildman–Crippen LogP) is 2.42. The average Bonchev–Trinajstić information content (AvgIpc) is 3.22. The number of pyridine rings is 1. The van der Waals surface area contributed by atoms with Gasteiger partial charge in [0.2, 0.25) is 0 Å². The normalized spacial score (nSPS) is 16.8. The van der Waals surface area contributed by atoms with Crippen LogP contribution in [-0.2, 0) is 6.42 Å². The summed E-state index contributed by atoms with van der Waals surface area (Å²) in [4.78, 5) is 4.37. The van der Waals surface area contributed by atoms with Gasteiger partial charge < -0.3 is 0 Å². The molecule has 3 aromatic rings. The molecule has 0 saturated heterocycles. The summed E-state index contributed by atoms with van der Waals surface area (Å²) in [5, 5.41) is 16.1. The van der Waals surface area contributed by atoms with Crippen LogP contribution in [-0.4, -0.2) is 44.1 Å². The molecule has 1 unspecified atom stereocenters. The van der Waals surface area contributed by atoms with Gasteiger partial charge in [-0.05, 0) is 35.9 Å². The molecule has 7 heteroatoms. The Morgan fingerprint density at radius 1 is 1.37 bits per heavy atom. The molecule has 0 saturated carbocycles. The van der Waals surface area contributed by atoms with Gasteiger partial charge in [-0.15, -0.1) is 0 Å². The van der Waals surface area contributed by atoms with Crippen molar-refractivity contribution in [2.45, 2.75) is 12.6 Å². The second-order valence-electron chi connectivity index (χ2n) is 6.53. The van der Waals surface area contributed by atoms with Crippen LogP contribution in [0, 0.1) is 0 Å². The van der Waals surface area contributed by atoms with Crippen molar-refractivity contribution in [3.05, 3.63) is 84.5 Å². The highest BCUT2D eigenvalue weighted by molar-refractivity contribution is 6.08. The zero-order valence-electron chi connectivity index (χ0n) is 15.1. The van der Waals surface area contributed by atoms with Crippen molar-refractivity contribution in [1.29, 1.82) is 0 Å². The van der Waals surface area contributed by atoms with E-state index in [1.165, 1.54) is 0 Å². The van der Waals surface area contributed by atoms with Gasteiger partial charge >= 0.3 is 0 Å². The van der Waals surface area contributed by atoms with Crippen molar-refractivity contribution in [1.82, 2.24) is 25.2 Å². The lowest BCUT2D eigenvalue weighted by molar-refractivity contribution is 0.128. The van der Waals surface area contributed by atoms with E-state index in [4.69, 9.17) is 10.9 Å². The molecule has 0 aliphatic carbocycles. The van der Waals surface area contributed by atoms with Crippen LogP contribution in [0.4, 0.5) is 0 Å². The molecule has 1 aromatic carbocycles. The van der Waals surface area contributed by atoms with Crippen LogP contribution in [0.25, 0.3) is 10.9 Å². The number of nitrogens with zero attached hydrogens (tertiary/aromatic N) is 5. The Balaban J connectivity index is 1.61. The largest absolute Gasteiger partial charge is 0.285 e. The summed E-state index contributed by atoms with van der Waals surface area (Å²) in [6.45, 7) is 4.27. The molecular formula is C20H21N7. The lowest BCUT2D eigenvalue weighted by atomic mass is 10.1. The van der Waals surface area contributed by atoms with E-state index in [9.17, 15) is 0 Å². The first kappa shape index (κ1) is 17.1. The number of likely N-dealkylation sites (N-methyl/N-ethyl adjacent to an activating group) is 1. The molecule has 1 aliphatic rings. The number of rotatable bonds is 5. The molecule has 27 heavy (non-hydrogen) atoms. The van der Waals surface area contributed by atoms with Crippen molar-refractivity contribution in [3.8, 4) is 0 Å². The molecule has 4 rings (SSSR count). The molecular weight excluding hydrogens is 338 g/mol. The number of fused-ring (bicyclic) bond motifs is 1. The SMILES string of the molecule is C=C(Cc1ccc2ncccc2c1)N1N=C(c2cn[nH]c2)C=CC1N(C)N. The Bertz CT molecular complexity index is 1020. The second-order valence-corrected chi connectivity index (χ2v) is 6.53. The number of H-pyrrole nitrogens is 1. The molecule has 1 aliphatic heterocycles. The summed E-state index contributed by atoms with van der Waals surface area (Å²) in [5.74, 6) is 6.03. The van der Waals surface area contributed by atoms with Crippen LogP contribution in [0.1, 0.15) is 11.1 Å². The molecule has 0 radical (unpaired) electrons. The fourth-order valence-corrected chi connectivity index (χ4v) is 3.13. The van der Waals surface area contributed by atoms with Crippen molar-refractivity contribution in [2.24, 2.45) is 10.9 Å². The summed E-state index contributed by atoms with van der Waals surface area (Å²) in [5.41, 5.74) is 4.71. The van der Waals surface area contributed by atoms with Crippen molar-refractivity contribution in [3.63, 3.8) is 0 Å². The lowest BCUT2D eigenvalue weighted by Crippen LogP contribution is -2.47. The molecule has 7 nitrogen and oxygen atoms in total. The van der Waals surface area contributed by atoms with Gasteiger partial charge in [-0.2, -0.15) is 10.2 Å². The number of benzene rings is 1. The molecule has 136 valence electrons. The van der Waals surface area contributed by atoms with E-state index in [-0.39, 0.29) is 6.17 Å². The van der Waals surface area contributed by atoms with Gasteiger partial charge in [0, 0.05) is 42.5 Å². The van der Waals surface area contributed by atoms with E-state index in [0.717, 1.165) is 33.4 Å². The molecule has 2 aromatic heterocycles.